The highest BCUT2D eigenvalue weighted by atomic mass is 32.2. The zero-order valence-corrected chi connectivity index (χ0v) is 15.8. The molecule has 0 aromatic heterocycles. The van der Waals surface area contributed by atoms with Crippen LogP contribution in [0.5, 0.6) is 0 Å². The molecule has 4 nitrogen and oxygen atoms in total. The van der Waals surface area contributed by atoms with Crippen molar-refractivity contribution >= 4 is 21.9 Å². The van der Waals surface area contributed by atoms with E-state index in [0.29, 0.717) is 5.92 Å². The molecule has 0 radical (unpaired) electrons. The number of allylic oxidation sites excluding steroid dienone is 1. The van der Waals surface area contributed by atoms with E-state index in [9.17, 15) is 13.2 Å². The van der Waals surface area contributed by atoms with Crippen molar-refractivity contribution in [1.29, 1.82) is 0 Å². The Hall–Kier alpha value is -1.46. The molecule has 2 aliphatic carbocycles. The van der Waals surface area contributed by atoms with E-state index < -0.39 is 10.0 Å². The molecule has 2 fully saturated rings. The summed E-state index contributed by atoms with van der Waals surface area (Å²) >= 11 is 0. The fraction of sp³-hybridized carbons (Fsp3) is 0.526. The lowest BCUT2D eigenvalue weighted by Gasteiger charge is -2.31. The van der Waals surface area contributed by atoms with E-state index >= 15 is 0 Å². The number of Topliss-reactive ketones (excluding diaryl/α,β-unsaturated/α-hetero) is 1. The summed E-state index contributed by atoms with van der Waals surface area (Å²) in [6.07, 6.45) is 3.96. The maximum absolute atomic E-state index is 12.9. The van der Waals surface area contributed by atoms with Crippen molar-refractivity contribution < 1.29 is 13.2 Å². The molecule has 3 rings (SSSR count). The normalized spacial score (nSPS) is 30.5. The van der Waals surface area contributed by atoms with Gasteiger partial charge >= 0.3 is 0 Å². The lowest BCUT2D eigenvalue weighted by atomic mass is 9.70. The third-order valence-electron chi connectivity index (χ3n) is 6.35. The van der Waals surface area contributed by atoms with E-state index in [2.05, 4.69) is 20.8 Å². The highest BCUT2D eigenvalue weighted by Crippen LogP contribution is 2.65. The maximum atomic E-state index is 12.9. The van der Waals surface area contributed by atoms with Crippen LogP contribution in [-0.4, -0.2) is 32.6 Å². The second kappa shape index (κ2) is 5.27. The van der Waals surface area contributed by atoms with Gasteiger partial charge in [-0.15, -0.1) is 0 Å². The van der Waals surface area contributed by atoms with Gasteiger partial charge in [0.1, 0.15) is 0 Å². The van der Waals surface area contributed by atoms with Crippen LogP contribution < -0.4 is 0 Å². The van der Waals surface area contributed by atoms with Gasteiger partial charge in [-0.3, -0.25) is 4.79 Å². The van der Waals surface area contributed by atoms with Gasteiger partial charge in [0, 0.05) is 19.5 Å². The molecule has 2 bridgehead atoms. The van der Waals surface area contributed by atoms with E-state index in [1.807, 2.05) is 6.08 Å². The molecule has 0 saturated heterocycles. The lowest BCUT2D eigenvalue weighted by Crippen LogP contribution is -2.32. The SMILES string of the molecule is CN(C)S(=O)(=O)c1ccc(/C=C2/C(=O)[C@@]3(C)CC[C@H]2C3(C)C)cc1. The summed E-state index contributed by atoms with van der Waals surface area (Å²) in [4.78, 5) is 13.1. The molecule has 0 unspecified atom stereocenters. The molecule has 24 heavy (non-hydrogen) atoms. The number of ketones is 1. The van der Waals surface area contributed by atoms with Crippen LogP contribution in [0.2, 0.25) is 0 Å². The average molecular weight is 347 g/mol. The highest BCUT2D eigenvalue weighted by molar-refractivity contribution is 7.89. The summed E-state index contributed by atoms with van der Waals surface area (Å²) in [6.45, 7) is 6.47. The first-order valence-electron chi connectivity index (χ1n) is 8.31. The van der Waals surface area contributed by atoms with Gasteiger partial charge in [0.05, 0.1) is 4.90 Å². The minimum absolute atomic E-state index is 0.00980. The summed E-state index contributed by atoms with van der Waals surface area (Å²) in [5.41, 5.74) is 1.50. The average Bonchev–Trinajstić information content (AvgIpc) is 2.82. The molecule has 1 aromatic carbocycles. The third kappa shape index (κ3) is 2.21. The van der Waals surface area contributed by atoms with E-state index in [1.54, 1.807) is 24.3 Å². The van der Waals surface area contributed by atoms with Crippen molar-refractivity contribution in [1.82, 2.24) is 4.31 Å². The molecule has 0 spiro atoms. The van der Waals surface area contributed by atoms with Crippen molar-refractivity contribution in [3.8, 4) is 0 Å². The summed E-state index contributed by atoms with van der Waals surface area (Å²) in [5, 5.41) is 0. The van der Waals surface area contributed by atoms with Gasteiger partial charge < -0.3 is 0 Å². The van der Waals surface area contributed by atoms with Crippen LogP contribution in [0.25, 0.3) is 6.08 Å². The highest BCUT2D eigenvalue weighted by Gasteiger charge is 2.63. The summed E-state index contributed by atoms with van der Waals surface area (Å²) in [7, 11) is -0.391. The second-order valence-electron chi connectivity index (χ2n) is 7.93. The number of nitrogens with zero attached hydrogens (tertiary/aromatic N) is 1. The van der Waals surface area contributed by atoms with Crippen LogP contribution in [0.3, 0.4) is 0 Å². The van der Waals surface area contributed by atoms with Crippen LogP contribution in [0.1, 0.15) is 39.2 Å². The molecule has 0 N–H and O–H groups in total. The molecule has 1 aromatic rings. The van der Waals surface area contributed by atoms with Crippen LogP contribution >= 0.6 is 0 Å². The van der Waals surface area contributed by atoms with Crippen molar-refractivity contribution in [3.63, 3.8) is 0 Å². The number of rotatable bonds is 3. The summed E-state index contributed by atoms with van der Waals surface area (Å²) < 4.78 is 25.5. The molecule has 2 saturated carbocycles. The number of hydrogen-bond acceptors (Lipinski definition) is 3. The fourth-order valence-electron chi connectivity index (χ4n) is 4.22. The molecule has 2 aliphatic rings. The minimum atomic E-state index is -3.42. The molecule has 130 valence electrons. The lowest BCUT2D eigenvalue weighted by molar-refractivity contribution is -0.125. The van der Waals surface area contributed by atoms with E-state index in [4.69, 9.17) is 0 Å². The number of hydrogen-bond donors (Lipinski definition) is 0. The molecular weight excluding hydrogens is 322 g/mol. The Morgan fingerprint density at radius 2 is 1.71 bits per heavy atom. The Kier molecular flexibility index (Phi) is 3.81. The Morgan fingerprint density at radius 1 is 1.12 bits per heavy atom. The molecule has 0 amide bonds. The largest absolute Gasteiger partial charge is 0.294 e. The standard InChI is InChI=1S/C19H25NO3S/c1-18(2)16-10-11-19(18,3)17(21)15(16)12-13-6-8-14(9-7-13)24(22,23)20(4)5/h6-9,12,16H,10-11H2,1-5H3/b15-12+/t16-,19-/m1/s1. The Morgan fingerprint density at radius 3 is 2.17 bits per heavy atom. The van der Waals surface area contributed by atoms with Gasteiger partial charge in [0.15, 0.2) is 5.78 Å². The maximum Gasteiger partial charge on any atom is 0.242 e. The first kappa shape index (κ1) is 17.4. The predicted molar refractivity (Wildman–Crippen MR) is 94.9 cm³/mol. The molecule has 0 heterocycles. The summed E-state index contributed by atoms with van der Waals surface area (Å²) in [5.74, 6) is 0.550. The molecule has 0 aliphatic heterocycles. The smallest absolute Gasteiger partial charge is 0.242 e. The van der Waals surface area contributed by atoms with Gasteiger partial charge in [-0.05, 0) is 53.5 Å². The Labute approximate surface area is 144 Å². The van der Waals surface area contributed by atoms with Gasteiger partial charge in [0.25, 0.3) is 0 Å². The minimum Gasteiger partial charge on any atom is -0.294 e. The van der Waals surface area contributed by atoms with Crippen molar-refractivity contribution in [2.75, 3.05) is 14.1 Å². The van der Waals surface area contributed by atoms with E-state index in [1.165, 1.54) is 18.4 Å². The van der Waals surface area contributed by atoms with Gasteiger partial charge in [-0.25, -0.2) is 12.7 Å². The van der Waals surface area contributed by atoms with Crippen molar-refractivity contribution in [2.45, 2.75) is 38.5 Å². The van der Waals surface area contributed by atoms with Crippen LogP contribution in [-0.2, 0) is 14.8 Å². The fourth-order valence-corrected chi connectivity index (χ4v) is 5.12. The third-order valence-corrected chi connectivity index (χ3v) is 8.18. The Bertz CT molecular complexity index is 819. The first-order valence-corrected chi connectivity index (χ1v) is 9.75. The number of carbonyl (C=O) groups is 1. The molecular formula is C19H25NO3S. The van der Waals surface area contributed by atoms with Crippen LogP contribution in [0.4, 0.5) is 0 Å². The predicted octanol–water partition coefficient (Wildman–Crippen LogP) is 3.35. The van der Waals surface area contributed by atoms with Gasteiger partial charge in [-0.1, -0.05) is 32.9 Å². The van der Waals surface area contributed by atoms with Crippen molar-refractivity contribution in [3.05, 3.63) is 35.4 Å². The van der Waals surface area contributed by atoms with E-state index in [0.717, 1.165) is 24.0 Å². The van der Waals surface area contributed by atoms with E-state index in [-0.39, 0.29) is 21.5 Å². The second-order valence-corrected chi connectivity index (χ2v) is 10.1. The quantitative estimate of drug-likeness (QED) is 0.788. The van der Waals surface area contributed by atoms with Crippen LogP contribution in [0.15, 0.2) is 34.7 Å². The summed E-state index contributed by atoms with van der Waals surface area (Å²) in [6, 6.07) is 6.76. The van der Waals surface area contributed by atoms with Gasteiger partial charge in [0.2, 0.25) is 10.0 Å². The number of benzene rings is 1. The van der Waals surface area contributed by atoms with Crippen LogP contribution in [0, 0.1) is 16.7 Å². The number of carbonyl (C=O) groups excluding carboxylic acids is 1. The molecule has 5 heteroatoms. The number of fused-ring (bicyclic) bond motifs is 2. The zero-order valence-electron chi connectivity index (χ0n) is 15.0. The monoisotopic (exact) mass is 347 g/mol. The van der Waals surface area contributed by atoms with Crippen molar-refractivity contribution in [2.24, 2.45) is 16.7 Å². The molecule has 2 atom stereocenters. The zero-order chi connectivity index (χ0) is 17.9. The topological polar surface area (TPSA) is 54.5 Å². The first-order chi connectivity index (χ1) is 11.0. The number of sulfonamides is 1. The van der Waals surface area contributed by atoms with Gasteiger partial charge in [-0.2, -0.15) is 0 Å². The Balaban J connectivity index is 1.95.